The topological polar surface area (TPSA) is 91.8 Å². The molecule has 2 aliphatic heterocycles. The first-order valence-electron chi connectivity index (χ1n) is 14.5. The van der Waals surface area contributed by atoms with E-state index in [-0.39, 0.29) is 36.6 Å². The van der Waals surface area contributed by atoms with Crippen LogP contribution in [0, 0.1) is 11.3 Å². The van der Waals surface area contributed by atoms with Crippen LogP contribution >= 0.6 is 0 Å². The number of amides is 1. The lowest BCUT2D eigenvalue weighted by molar-refractivity contribution is -0.144. The summed E-state index contributed by atoms with van der Waals surface area (Å²) in [6.45, 7) is 11.4. The predicted molar refractivity (Wildman–Crippen MR) is 156 cm³/mol. The minimum Gasteiger partial charge on any atom is -0.493 e. The largest absolute Gasteiger partial charge is 0.493 e. The van der Waals surface area contributed by atoms with Gasteiger partial charge in [-0.3, -0.25) is 14.5 Å². The molecule has 40 heavy (non-hydrogen) atoms. The van der Waals surface area contributed by atoms with Crippen LogP contribution in [0.1, 0.15) is 64.9 Å². The highest BCUT2D eigenvalue weighted by atomic mass is 16.7. The third-order valence-electron chi connectivity index (χ3n) is 8.00. The number of ether oxygens (including phenoxy) is 3. The van der Waals surface area contributed by atoms with Crippen LogP contribution in [-0.2, 0) is 9.59 Å². The second kappa shape index (κ2) is 14.2. The summed E-state index contributed by atoms with van der Waals surface area (Å²) in [4.78, 5) is 32.9. The molecule has 2 aliphatic rings. The fourth-order valence-electron chi connectivity index (χ4n) is 6.07. The van der Waals surface area contributed by atoms with Crippen molar-refractivity contribution < 1.29 is 28.9 Å². The lowest BCUT2D eigenvalue weighted by Gasteiger charge is -2.34. The molecule has 0 saturated carbocycles. The summed E-state index contributed by atoms with van der Waals surface area (Å²) in [6, 6.07) is 3.42. The number of nitrogens with zero attached hydrogens (tertiary/aromatic N) is 3. The van der Waals surface area contributed by atoms with Crippen molar-refractivity contribution in [3.8, 4) is 17.2 Å². The van der Waals surface area contributed by atoms with Crippen molar-refractivity contribution in [2.75, 3.05) is 60.7 Å². The van der Waals surface area contributed by atoms with Gasteiger partial charge < -0.3 is 29.1 Å². The van der Waals surface area contributed by atoms with Crippen molar-refractivity contribution in [3.05, 3.63) is 29.8 Å². The van der Waals surface area contributed by atoms with E-state index < -0.39 is 11.9 Å². The van der Waals surface area contributed by atoms with Crippen molar-refractivity contribution in [2.24, 2.45) is 11.3 Å². The Kier molecular flexibility index (Phi) is 11.3. The van der Waals surface area contributed by atoms with Gasteiger partial charge in [-0.05, 0) is 69.9 Å². The standard InChI is InChI=1S/C31H49N3O6/c1-8-10-14-33(15-11-13-32(5)6)27(35)20-34-19-23(22-16-25(38-7)29-26(17-22)39-21-40-29)28(30(36)37)24(34)18-31(3,4)12-9-2/h9,12,16-17,23-24,28H,8,10-11,13-15,18-21H2,1-7H3,(H,36,37)/b12-9+/t23-,24+,28-/m1/s1. The van der Waals surface area contributed by atoms with Gasteiger partial charge in [-0.2, -0.15) is 0 Å². The van der Waals surface area contributed by atoms with Gasteiger partial charge in [0, 0.05) is 31.6 Å². The van der Waals surface area contributed by atoms with Gasteiger partial charge in [-0.15, -0.1) is 0 Å². The number of carboxylic acid groups (broad SMARTS) is 1. The number of methoxy groups -OCH3 is 1. The Hall–Kier alpha value is -2.78. The number of hydrogen-bond acceptors (Lipinski definition) is 7. The molecule has 0 bridgehead atoms. The van der Waals surface area contributed by atoms with E-state index in [1.807, 2.05) is 44.1 Å². The first kappa shape index (κ1) is 31.7. The van der Waals surface area contributed by atoms with Gasteiger partial charge >= 0.3 is 5.97 Å². The molecule has 1 fully saturated rings. The SMILES string of the molecule is C/C=C/C(C)(C)C[C@H]1[C@H](C(=O)O)[C@@H](c2cc(OC)c3c(c2)OCO3)CN1CC(=O)N(CCCC)CCCN(C)C. The number of rotatable bonds is 15. The number of likely N-dealkylation sites (tertiary alicyclic amines) is 1. The van der Waals surface area contributed by atoms with Crippen LogP contribution in [-0.4, -0.2) is 98.4 Å². The van der Waals surface area contributed by atoms with E-state index in [0.717, 1.165) is 37.9 Å². The van der Waals surface area contributed by atoms with Crippen LogP contribution in [0.5, 0.6) is 17.2 Å². The highest BCUT2D eigenvalue weighted by molar-refractivity contribution is 5.79. The molecule has 0 spiro atoms. The average molecular weight is 560 g/mol. The molecule has 1 aromatic rings. The van der Waals surface area contributed by atoms with Gasteiger partial charge in [0.15, 0.2) is 11.5 Å². The molecule has 1 N–H and O–H groups in total. The number of aliphatic carboxylic acids is 1. The lowest BCUT2D eigenvalue weighted by atomic mass is 9.77. The third-order valence-corrected chi connectivity index (χ3v) is 8.00. The van der Waals surface area contributed by atoms with E-state index in [1.165, 1.54) is 0 Å². The van der Waals surface area contributed by atoms with E-state index in [9.17, 15) is 14.7 Å². The molecular weight excluding hydrogens is 510 g/mol. The molecule has 1 amide bonds. The summed E-state index contributed by atoms with van der Waals surface area (Å²) in [7, 11) is 5.65. The van der Waals surface area contributed by atoms with Crippen LogP contribution in [0.2, 0.25) is 0 Å². The molecule has 9 heteroatoms. The van der Waals surface area contributed by atoms with Crippen LogP contribution in [0.15, 0.2) is 24.3 Å². The van der Waals surface area contributed by atoms with Crippen LogP contribution in [0.25, 0.3) is 0 Å². The molecule has 3 atom stereocenters. The maximum absolute atomic E-state index is 13.7. The number of benzene rings is 1. The quantitative estimate of drug-likeness (QED) is 0.315. The van der Waals surface area contributed by atoms with Gasteiger partial charge in [0.2, 0.25) is 18.4 Å². The van der Waals surface area contributed by atoms with E-state index in [1.54, 1.807) is 7.11 Å². The summed E-state index contributed by atoms with van der Waals surface area (Å²) in [5.74, 6) is -0.191. The van der Waals surface area contributed by atoms with Gasteiger partial charge in [-0.25, -0.2) is 0 Å². The molecule has 1 saturated heterocycles. The Morgan fingerprint density at radius 1 is 1.18 bits per heavy atom. The second-order valence-corrected chi connectivity index (χ2v) is 12.0. The molecule has 2 heterocycles. The zero-order chi connectivity index (χ0) is 29.4. The number of carbonyl (C=O) groups is 2. The van der Waals surface area contributed by atoms with E-state index in [2.05, 4.69) is 36.6 Å². The van der Waals surface area contributed by atoms with Crippen LogP contribution in [0.4, 0.5) is 0 Å². The van der Waals surface area contributed by atoms with Gasteiger partial charge in [0.25, 0.3) is 0 Å². The molecular formula is C31H49N3O6. The summed E-state index contributed by atoms with van der Waals surface area (Å²) in [6.07, 6.45) is 7.61. The lowest BCUT2D eigenvalue weighted by Crippen LogP contribution is -2.46. The third kappa shape index (κ3) is 7.91. The van der Waals surface area contributed by atoms with Crippen LogP contribution < -0.4 is 14.2 Å². The van der Waals surface area contributed by atoms with Crippen molar-refractivity contribution in [2.45, 2.75) is 65.3 Å². The normalized spacial score (nSPS) is 20.9. The second-order valence-electron chi connectivity index (χ2n) is 12.0. The van der Waals surface area contributed by atoms with Crippen molar-refractivity contribution in [1.82, 2.24) is 14.7 Å². The number of fused-ring (bicyclic) bond motifs is 1. The first-order valence-corrected chi connectivity index (χ1v) is 14.5. The first-order chi connectivity index (χ1) is 19.0. The molecule has 9 nitrogen and oxygen atoms in total. The Morgan fingerprint density at radius 3 is 2.52 bits per heavy atom. The van der Waals surface area contributed by atoms with Crippen molar-refractivity contribution in [3.63, 3.8) is 0 Å². The summed E-state index contributed by atoms with van der Waals surface area (Å²) >= 11 is 0. The fraction of sp³-hybridized carbons (Fsp3) is 0.677. The smallest absolute Gasteiger partial charge is 0.308 e. The zero-order valence-corrected chi connectivity index (χ0v) is 25.4. The molecule has 224 valence electrons. The van der Waals surface area contributed by atoms with Crippen LogP contribution in [0.3, 0.4) is 0 Å². The Balaban J connectivity index is 1.95. The monoisotopic (exact) mass is 559 g/mol. The molecule has 0 unspecified atom stereocenters. The molecule has 1 aromatic carbocycles. The Bertz CT molecular complexity index is 1040. The van der Waals surface area contributed by atoms with Crippen molar-refractivity contribution >= 4 is 11.9 Å². The average Bonchev–Trinajstić information content (AvgIpc) is 3.49. The van der Waals surface area contributed by atoms with E-state index in [4.69, 9.17) is 14.2 Å². The minimum absolute atomic E-state index is 0.0640. The van der Waals surface area contributed by atoms with E-state index >= 15 is 0 Å². The molecule has 3 rings (SSSR count). The van der Waals surface area contributed by atoms with Gasteiger partial charge in [-0.1, -0.05) is 39.3 Å². The number of carboxylic acids is 1. The highest BCUT2D eigenvalue weighted by Crippen LogP contribution is 2.48. The summed E-state index contributed by atoms with van der Waals surface area (Å²) < 4.78 is 16.8. The maximum atomic E-state index is 13.7. The fourth-order valence-corrected chi connectivity index (χ4v) is 6.07. The van der Waals surface area contributed by atoms with E-state index in [0.29, 0.717) is 36.8 Å². The zero-order valence-electron chi connectivity index (χ0n) is 25.4. The highest BCUT2D eigenvalue weighted by Gasteiger charge is 2.49. The minimum atomic E-state index is -0.855. The Morgan fingerprint density at radius 2 is 1.90 bits per heavy atom. The number of allylic oxidation sites excluding steroid dienone is 2. The van der Waals surface area contributed by atoms with Crippen molar-refractivity contribution in [1.29, 1.82) is 0 Å². The summed E-state index contributed by atoms with van der Waals surface area (Å²) in [5, 5.41) is 10.6. The van der Waals surface area contributed by atoms with Gasteiger partial charge in [0.1, 0.15) is 0 Å². The number of carbonyl (C=O) groups excluding carboxylic acids is 1. The van der Waals surface area contributed by atoms with Gasteiger partial charge in [0.05, 0.1) is 19.6 Å². The molecule has 0 aromatic heterocycles. The maximum Gasteiger partial charge on any atom is 0.308 e. The number of unbranched alkanes of at least 4 members (excludes halogenated alkanes) is 1. The number of hydrogen-bond donors (Lipinski definition) is 1. The predicted octanol–water partition coefficient (Wildman–Crippen LogP) is 4.47. The Labute approximate surface area is 240 Å². The molecule has 0 radical (unpaired) electrons. The summed E-state index contributed by atoms with van der Waals surface area (Å²) in [5.41, 5.74) is 0.592. The molecule has 0 aliphatic carbocycles.